The molecule has 1 aromatic heterocycles. The number of anilines is 1. The van der Waals surface area contributed by atoms with Crippen LogP contribution in [0.4, 0.5) is 5.82 Å². The van der Waals surface area contributed by atoms with E-state index in [-0.39, 0.29) is 5.91 Å². The smallest absolute Gasteiger partial charge is 0.222 e. The molecule has 2 aromatic rings. The highest BCUT2D eigenvalue weighted by atomic mass is 16.2. The Morgan fingerprint density at radius 3 is 2.35 bits per heavy atom. The third-order valence-corrected chi connectivity index (χ3v) is 4.14. The van der Waals surface area contributed by atoms with Crippen molar-refractivity contribution in [2.24, 2.45) is 0 Å². The standard InChI is InChI=1S/C18H22N4O/c1-2-6-18(23)22-13-11-21(12-14-22)17-10-9-16(19-20-17)15-7-4-3-5-8-15/h3-5,7-10H,2,6,11-14H2,1H3. The summed E-state index contributed by atoms with van der Waals surface area (Å²) in [6.07, 6.45) is 1.55. The van der Waals surface area contributed by atoms with E-state index in [1.54, 1.807) is 0 Å². The van der Waals surface area contributed by atoms with Crippen molar-refractivity contribution >= 4 is 11.7 Å². The Bertz CT molecular complexity index is 634. The maximum Gasteiger partial charge on any atom is 0.222 e. The van der Waals surface area contributed by atoms with E-state index < -0.39 is 0 Å². The highest BCUT2D eigenvalue weighted by Crippen LogP contribution is 2.19. The van der Waals surface area contributed by atoms with E-state index >= 15 is 0 Å². The molecular weight excluding hydrogens is 288 g/mol. The first-order valence-electron chi connectivity index (χ1n) is 8.20. The summed E-state index contributed by atoms with van der Waals surface area (Å²) < 4.78 is 0. The summed E-state index contributed by atoms with van der Waals surface area (Å²) in [7, 11) is 0. The zero-order valence-electron chi connectivity index (χ0n) is 13.5. The summed E-state index contributed by atoms with van der Waals surface area (Å²) in [6, 6.07) is 14.1. The van der Waals surface area contributed by atoms with Gasteiger partial charge in [-0.05, 0) is 18.6 Å². The van der Waals surface area contributed by atoms with E-state index in [0.717, 1.165) is 49.7 Å². The van der Waals surface area contributed by atoms with Crippen LogP contribution in [0, 0.1) is 0 Å². The average Bonchev–Trinajstić information content (AvgIpc) is 2.63. The quantitative estimate of drug-likeness (QED) is 0.871. The highest BCUT2D eigenvalue weighted by molar-refractivity contribution is 5.76. The Labute approximate surface area is 136 Å². The second-order valence-corrected chi connectivity index (χ2v) is 5.76. The maximum atomic E-state index is 11.9. The molecule has 5 nitrogen and oxygen atoms in total. The number of aromatic nitrogens is 2. The Morgan fingerprint density at radius 2 is 1.74 bits per heavy atom. The molecule has 1 fully saturated rings. The SMILES string of the molecule is CCCC(=O)N1CCN(c2ccc(-c3ccccc3)nn2)CC1. The molecule has 0 radical (unpaired) electrons. The fraction of sp³-hybridized carbons (Fsp3) is 0.389. The van der Waals surface area contributed by atoms with E-state index in [4.69, 9.17) is 0 Å². The zero-order chi connectivity index (χ0) is 16.1. The van der Waals surface area contributed by atoms with Gasteiger partial charge in [0.1, 0.15) is 0 Å². The molecule has 0 spiro atoms. The van der Waals surface area contributed by atoms with E-state index in [1.165, 1.54) is 0 Å². The van der Waals surface area contributed by atoms with Crippen molar-refractivity contribution < 1.29 is 4.79 Å². The van der Waals surface area contributed by atoms with Gasteiger partial charge >= 0.3 is 0 Å². The van der Waals surface area contributed by atoms with Crippen LogP contribution in [0.5, 0.6) is 0 Å². The Kier molecular flexibility index (Phi) is 4.86. The van der Waals surface area contributed by atoms with Crippen molar-refractivity contribution in [2.75, 3.05) is 31.1 Å². The number of carbonyl (C=O) groups is 1. The number of rotatable bonds is 4. The van der Waals surface area contributed by atoms with Crippen molar-refractivity contribution in [2.45, 2.75) is 19.8 Å². The van der Waals surface area contributed by atoms with Gasteiger partial charge in [-0.3, -0.25) is 4.79 Å². The molecule has 1 aliphatic rings. The largest absolute Gasteiger partial charge is 0.352 e. The lowest BCUT2D eigenvalue weighted by Crippen LogP contribution is -2.49. The number of nitrogens with zero attached hydrogens (tertiary/aromatic N) is 4. The van der Waals surface area contributed by atoms with Gasteiger partial charge in [0.05, 0.1) is 5.69 Å². The molecule has 0 atom stereocenters. The Balaban J connectivity index is 1.62. The van der Waals surface area contributed by atoms with Crippen molar-refractivity contribution in [3.05, 3.63) is 42.5 Å². The van der Waals surface area contributed by atoms with E-state index in [9.17, 15) is 4.79 Å². The van der Waals surface area contributed by atoms with Crippen LogP contribution in [0.15, 0.2) is 42.5 Å². The monoisotopic (exact) mass is 310 g/mol. The molecule has 0 N–H and O–H groups in total. The second-order valence-electron chi connectivity index (χ2n) is 5.76. The van der Waals surface area contributed by atoms with Crippen molar-refractivity contribution in [3.8, 4) is 11.3 Å². The van der Waals surface area contributed by atoms with Gasteiger partial charge in [-0.1, -0.05) is 37.3 Å². The maximum absolute atomic E-state index is 11.9. The summed E-state index contributed by atoms with van der Waals surface area (Å²) in [5.74, 6) is 1.14. The molecule has 5 heteroatoms. The number of hydrogen-bond donors (Lipinski definition) is 0. The lowest BCUT2D eigenvalue weighted by Gasteiger charge is -2.35. The van der Waals surface area contributed by atoms with Crippen LogP contribution in [-0.2, 0) is 4.79 Å². The Hall–Kier alpha value is -2.43. The van der Waals surface area contributed by atoms with Gasteiger partial charge in [-0.15, -0.1) is 10.2 Å². The predicted octanol–water partition coefficient (Wildman–Crippen LogP) is 2.59. The summed E-state index contributed by atoms with van der Waals surface area (Å²) in [5.41, 5.74) is 1.95. The van der Waals surface area contributed by atoms with Crippen molar-refractivity contribution in [1.82, 2.24) is 15.1 Å². The van der Waals surface area contributed by atoms with Gasteiger partial charge < -0.3 is 9.80 Å². The molecule has 2 heterocycles. The lowest BCUT2D eigenvalue weighted by atomic mass is 10.1. The van der Waals surface area contributed by atoms with Crippen LogP contribution in [0.3, 0.4) is 0 Å². The number of benzene rings is 1. The summed E-state index contributed by atoms with van der Waals surface area (Å²) in [5, 5.41) is 8.69. The molecule has 1 aliphatic heterocycles. The number of carbonyl (C=O) groups excluding carboxylic acids is 1. The fourth-order valence-corrected chi connectivity index (χ4v) is 2.81. The van der Waals surface area contributed by atoms with Crippen LogP contribution in [-0.4, -0.2) is 47.2 Å². The van der Waals surface area contributed by atoms with Gasteiger partial charge in [0.2, 0.25) is 5.91 Å². The third kappa shape index (κ3) is 3.67. The fourth-order valence-electron chi connectivity index (χ4n) is 2.81. The van der Waals surface area contributed by atoms with Gasteiger partial charge in [0.15, 0.2) is 5.82 Å². The van der Waals surface area contributed by atoms with Crippen molar-refractivity contribution in [1.29, 1.82) is 0 Å². The Morgan fingerprint density at radius 1 is 1.00 bits per heavy atom. The van der Waals surface area contributed by atoms with Gasteiger partial charge in [0, 0.05) is 38.2 Å². The molecule has 0 aliphatic carbocycles. The minimum absolute atomic E-state index is 0.262. The first-order chi connectivity index (χ1) is 11.3. The molecule has 1 saturated heterocycles. The molecule has 3 rings (SSSR count). The third-order valence-electron chi connectivity index (χ3n) is 4.14. The highest BCUT2D eigenvalue weighted by Gasteiger charge is 2.21. The minimum Gasteiger partial charge on any atom is -0.352 e. The van der Waals surface area contributed by atoms with Crippen LogP contribution in [0.2, 0.25) is 0 Å². The second kappa shape index (κ2) is 7.22. The topological polar surface area (TPSA) is 49.3 Å². The first-order valence-corrected chi connectivity index (χ1v) is 8.20. The molecule has 120 valence electrons. The molecular formula is C18H22N4O. The van der Waals surface area contributed by atoms with Gasteiger partial charge in [0.25, 0.3) is 0 Å². The zero-order valence-corrected chi connectivity index (χ0v) is 13.5. The van der Waals surface area contributed by atoms with Crippen LogP contribution >= 0.6 is 0 Å². The number of piperazine rings is 1. The van der Waals surface area contributed by atoms with Crippen molar-refractivity contribution in [3.63, 3.8) is 0 Å². The first kappa shape index (κ1) is 15.5. The molecule has 23 heavy (non-hydrogen) atoms. The summed E-state index contributed by atoms with van der Waals surface area (Å²) in [6.45, 7) is 5.20. The molecule has 0 unspecified atom stereocenters. The van der Waals surface area contributed by atoms with E-state index in [2.05, 4.69) is 15.1 Å². The number of amides is 1. The van der Waals surface area contributed by atoms with Crippen LogP contribution < -0.4 is 4.90 Å². The average molecular weight is 310 g/mol. The van der Waals surface area contributed by atoms with Gasteiger partial charge in [-0.2, -0.15) is 0 Å². The van der Waals surface area contributed by atoms with E-state index in [1.807, 2.05) is 54.3 Å². The van der Waals surface area contributed by atoms with Crippen LogP contribution in [0.1, 0.15) is 19.8 Å². The molecule has 1 aromatic carbocycles. The van der Waals surface area contributed by atoms with Crippen LogP contribution in [0.25, 0.3) is 11.3 Å². The van der Waals surface area contributed by atoms with Gasteiger partial charge in [-0.25, -0.2) is 0 Å². The minimum atomic E-state index is 0.262. The molecule has 0 saturated carbocycles. The lowest BCUT2D eigenvalue weighted by molar-refractivity contribution is -0.131. The molecule has 0 bridgehead atoms. The normalized spacial score (nSPS) is 14.8. The van der Waals surface area contributed by atoms with E-state index in [0.29, 0.717) is 6.42 Å². The number of hydrogen-bond acceptors (Lipinski definition) is 4. The summed E-state index contributed by atoms with van der Waals surface area (Å²) >= 11 is 0. The molecule has 1 amide bonds. The predicted molar refractivity (Wildman–Crippen MR) is 91.2 cm³/mol. The summed E-state index contributed by atoms with van der Waals surface area (Å²) in [4.78, 5) is 16.1.